The van der Waals surface area contributed by atoms with Gasteiger partial charge >= 0.3 is 0 Å². The molecule has 0 saturated heterocycles. The summed E-state index contributed by atoms with van der Waals surface area (Å²) in [6, 6.07) is 15.6. The Morgan fingerprint density at radius 1 is 1.12 bits per heavy atom. The molecule has 6 heteroatoms. The first-order valence-corrected chi connectivity index (χ1v) is 8.70. The minimum atomic E-state index is -0.114. The SMILES string of the molecule is O=C(CCSc1ccccc1)N/N=C/c1cccc2c1OCCO2. The predicted molar refractivity (Wildman–Crippen MR) is 95.0 cm³/mol. The van der Waals surface area contributed by atoms with Crippen molar-refractivity contribution >= 4 is 23.9 Å². The van der Waals surface area contributed by atoms with Crippen LogP contribution >= 0.6 is 11.8 Å². The van der Waals surface area contributed by atoms with Crippen LogP contribution in [0.2, 0.25) is 0 Å². The minimum absolute atomic E-state index is 0.114. The molecule has 0 fully saturated rings. The molecule has 24 heavy (non-hydrogen) atoms. The van der Waals surface area contributed by atoms with Crippen molar-refractivity contribution in [3.05, 3.63) is 54.1 Å². The van der Waals surface area contributed by atoms with Crippen LogP contribution in [0.25, 0.3) is 0 Å². The van der Waals surface area contributed by atoms with Crippen LogP contribution in [0.4, 0.5) is 0 Å². The van der Waals surface area contributed by atoms with Crippen LogP contribution in [0, 0.1) is 0 Å². The van der Waals surface area contributed by atoms with E-state index >= 15 is 0 Å². The molecule has 2 aromatic rings. The maximum atomic E-state index is 11.8. The van der Waals surface area contributed by atoms with Gasteiger partial charge in [0.25, 0.3) is 0 Å². The molecule has 1 aliphatic heterocycles. The second kappa shape index (κ2) is 8.40. The maximum absolute atomic E-state index is 11.8. The first-order chi connectivity index (χ1) is 11.8. The van der Waals surface area contributed by atoms with Crippen LogP contribution in [0.1, 0.15) is 12.0 Å². The highest BCUT2D eigenvalue weighted by atomic mass is 32.2. The number of nitrogens with one attached hydrogen (secondary N) is 1. The summed E-state index contributed by atoms with van der Waals surface area (Å²) in [7, 11) is 0. The Kier molecular flexibility index (Phi) is 5.74. The van der Waals surface area contributed by atoms with Gasteiger partial charge in [-0.25, -0.2) is 5.43 Å². The molecule has 1 N–H and O–H groups in total. The summed E-state index contributed by atoms with van der Waals surface area (Å²) in [4.78, 5) is 13.0. The lowest BCUT2D eigenvalue weighted by atomic mass is 10.2. The molecule has 2 aromatic carbocycles. The lowest BCUT2D eigenvalue weighted by Crippen LogP contribution is -2.19. The van der Waals surface area contributed by atoms with E-state index in [4.69, 9.17) is 9.47 Å². The lowest BCUT2D eigenvalue weighted by molar-refractivity contribution is -0.120. The van der Waals surface area contributed by atoms with E-state index in [0.717, 1.165) is 10.5 Å². The van der Waals surface area contributed by atoms with E-state index in [2.05, 4.69) is 10.5 Å². The average molecular weight is 342 g/mol. The van der Waals surface area contributed by atoms with Crippen LogP contribution in [0.15, 0.2) is 58.5 Å². The molecular formula is C18H18N2O3S. The number of fused-ring (bicyclic) bond motifs is 1. The van der Waals surface area contributed by atoms with Crippen LogP contribution in [0.5, 0.6) is 11.5 Å². The standard InChI is InChI=1S/C18H18N2O3S/c21-17(9-12-24-15-6-2-1-3-7-15)20-19-13-14-5-4-8-16-18(14)23-11-10-22-16/h1-8,13H,9-12H2,(H,20,21)/b19-13+. The highest BCUT2D eigenvalue weighted by molar-refractivity contribution is 7.99. The number of thioether (sulfide) groups is 1. The van der Waals surface area contributed by atoms with E-state index in [1.54, 1.807) is 18.0 Å². The second-order valence-corrected chi connectivity index (χ2v) is 6.24. The number of amides is 1. The Balaban J connectivity index is 1.47. The molecule has 3 rings (SSSR count). The van der Waals surface area contributed by atoms with Gasteiger partial charge in [0.15, 0.2) is 11.5 Å². The summed E-state index contributed by atoms with van der Waals surface area (Å²) in [5, 5.41) is 4.01. The average Bonchev–Trinajstić information content (AvgIpc) is 2.63. The van der Waals surface area contributed by atoms with Gasteiger partial charge in [-0.2, -0.15) is 5.10 Å². The zero-order valence-corrected chi connectivity index (χ0v) is 13.9. The summed E-state index contributed by atoms with van der Waals surface area (Å²) in [6.45, 7) is 1.06. The molecule has 0 spiro atoms. The van der Waals surface area contributed by atoms with E-state index < -0.39 is 0 Å². The summed E-state index contributed by atoms with van der Waals surface area (Å²) in [5.41, 5.74) is 3.33. The molecule has 0 atom stereocenters. The van der Waals surface area contributed by atoms with Crippen molar-refractivity contribution < 1.29 is 14.3 Å². The third-order valence-corrected chi connectivity index (χ3v) is 4.34. The van der Waals surface area contributed by atoms with Crippen molar-refractivity contribution in [1.82, 2.24) is 5.43 Å². The van der Waals surface area contributed by atoms with Gasteiger partial charge in [-0.15, -0.1) is 11.8 Å². The molecule has 1 amide bonds. The van der Waals surface area contributed by atoms with Gasteiger partial charge in [0.2, 0.25) is 5.91 Å². The normalized spacial score (nSPS) is 13.0. The first-order valence-electron chi connectivity index (χ1n) is 7.71. The van der Waals surface area contributed by atoms with E-state index in [9.17, 15) is 4.79 Å². The van der Waals surface area contributed by atoms with Gasteiger partial charge in [-0.05, 0) is 24.3 Å². The van der Waals surface area contributed by atoms with Crippen LogP contribution in [0.3, 0.4) is 0 Å². The number of nitrogens with zero attached hydrogens (tertiary/aromatic N) is 1. The molecule has 1 aliphatic rings. The van der Waals surface area contributed by atoms with Crippen molar-refractivity contribution in [3.63, 3.8) is 0 Å². The number of carbonyl (C=O) groups is 1. The Bertz CT molecular complexity index is 719. The zero-order chi connectivity index (χ0) is 16.6. The predicted octanol–water partition coefficient (Wildman–Crippen LogP) is 3.09. The smallest absolute Gasteiger partial charge is 0.240 e. The molecule has 0 saturated carbocycles. The second-order valence-electron chi connectivity index (χ2n) is 5.08. The van der Waals surface area contributed by atoms with Crippen molar-refractivity contribution in [2.75, 3.05) is 19.0 Å². The Morgan fingerprint density at radius 2 is 1.96 bits per heavy atom. The van der Waals surface area contributed by atoms with Crippen LogP contribution in [-0.2, 0) is 4.79 Å². The number of benzene rings is 2. The molecule has 1 heterocycles. The molecule has 0 radical (unpaired) electrons. The summed E-state index contributed by atoms with van der Waals surface area (Å²) in [5.74, 6) is 1.97. The van der Waals surface area contributed by atoms with Gasteiger partial charge < -0.3 is 9.47 Å². The van der Waals surface area contributed by atoms with Crippen LogP contribution < -0.4 is 14.9 Å². The molecule has 0 aliphatic carbocycles. The Labute approximate surface area is 145 Å². The fourth-order valence-electron chi connectivity index (χ4n) is 2.21. The maximum Gasteiger partial charge on any atom is 0.240 e. The molecule has 0 bridgehead atoms. The van der Waals surface area contributed by atoms with E-state index in [1.807, 2.05) is 48.5 Å². The number of hydrogen-bond donors (Lipinski definition) is 1. The zero-order valence-electron chi connectivity index (χ0n) is 13.1. The van der Waals surface area contributed by atoms with Gasteiger partial charge in [-0.1, -0.05) is 24.3 Å². The summed E-state index contributed by atoms with van der Waals surface area (Å²) in [6.07, 6.45) is 1.99. The number of rotatable bonds is 6. The van der Waals surface area contributed by atoms with Gasteiger partial charge in [0.05, 0.1) is 6.21 Å². The fourth-order valence-corrected chi connectivity index (χ4v) is 3.08. The largest absolute Gasteiger partial charge is 0.486 e. The molecule has 5 nitrogen and oxygen atoms in total. The molecule has 0 unspecified atom stereocenters. The Hall–Kier alpha value is -2.47. The quantitative estimate of drug-likeness (QED) is 0.498. The third kappa shape index (κ3) is 4.52. The van der Waals surface area contributed by atoms with Crippen molar-refractivity contribution in [2.24, 2.45) is 5.10 Å². The molecule has 124 valence electrons. The first kappa shape index (κ1) is 16.4. The fraction of sp³-hybridized carbons (Fsp3) is 0.222. The lowest BCUT2D eigenvalue weighted by Gasteiger charge is -2.19. The highest BCUT2D eigenvalue weighted by Gasteiger charge is 2.14. The summed E-state index contributed by atoms with van der Waals surface area (Å²) >= 11 is 1.65. The van der Waals surface area contributed by atoms with Crippen LogP contribution in [-0.4, -0.2) is 31.1 Å². The molecular weight excluding hydrogens is 324 g/mol. The van der Waals surface area contributed by atoms with Gasteiger partial charge in [0.1, 0.15) is 13.2 Å². The number of para-hydroxylation sites is 1. The van der Waals surface area contributed by atoms with Crippen molar-refractivity contribution in [2.45, 2.75) is 11.3 Å². The number of hydrazone groups is 1. The number of hydrogen-bond acceptors (Lipinski definition) is 5. The Morgan fingerprint density at radius 3 is 2.83 bits per heavy atom. The summed E-state index contributed by atoms with van der Waals surface area (Å²) < 4.78 is 11.1. The van der Waals surface area contributed by atoms with E-state index in [1.165, 1.54) is 0 Å². The third-order valence-electron chi connectivity index (χ3n) is 3.33. The minimum Gasteiger partial charge on any atom is -0.486 e. The van der Waals surface area contributed by atoms with Crippen molar-refractivity contribution in [3.8, 4) is 11.5 Å². The van der Waals surface area contributed by atoms with E-state index in [0.29, 0.717) is 36.9 Å². The van der Waals surface area contributed by atoms with E-state index in [-0.39, 0.29) is 5.91 Å². The highest BCUT2D eigenvalue weighted by Crippen LogP contribution is 2.32. The van der Waals surface area contributed by atoms with Gasteiger partial charge in [0, 0.05) is 22.6 Å². The topological polar surface area (TPSA) is 59.9 Å². The molecule has 0 aromatic heterocycles. The number of ether oxygens (including phenoxy) is 2. The number of carbonyl (C=O) groups excluding carboxylic acids is 1. The monoisotopic (exact) mass is 342 g/mol. The van der Waals surface area contributed by atoms with Gasteiger partial charge in [-0.3, -0.25) is 4.79 Å². The van der Waals surface area contributed by atoms with Crippen molar-refractivity contribution in [1.29, 1.82) is 0 Å².